The van der Waals surface area contributed by atoms with Gasteiger partial charge in [-0.3, -0.25) is 0 Å². The minimum atomic E-state index is 0.627. The van der Waals surface area contributed by atoms with E-state index in [2.05, 4.69) is 22.1 Å². The number of hydrogen-bond donors (Lipinski definition) is 0. The molecule has 0 N–H and O–H groups in total. The van der Waals surface area contributed by atoms with Crippen molar-refractivity contribution >= 4 is 23.1 Å². The van der Waals surface area contributed by atoms with Crippen molar-refractivity contribution in [1.29, 1.82) is 0 Å². The second-order valence-corrected chi connectivity index (χ2v) is 5.21. The molecule has 0 spiro atoms. The van der Waals surface area contributed by atoms with Crippen molar-refractivity contribution in [3.05, 3.63) is 22.0 Å². The predicted molar refractivity (Wildman–Crippen MR) is 60.4 cm³/mol. The molecule has 0 bridgehead atoms. The van der Waals surface area contributed by atoms with Crippen LogP contribution in [0.5, 0.6) is 0 Å². The number of rotatable bonds is 4. The molecule has 2 aromatic heterocycles. The van der Waals surface area contributed by atoms with Gasteiger partial charge in [0.25, 0.3) is 5.22 Å². The molecule has 0 unspecified atom stereocenters. The van der Waals surface area contributed by atoms with Crippen molar-refractivity contribution in [3.63, 3.8) is 0 Å². The lowest BCUT2D eigenvalue weighted by Gasteiger charge is -1.89. The largest absolute Gasteiger partial charge is 0.416 e. The highest BCUT2D eigenvalue weighted by molar-refractivity contribution is 7.99. The van der Waals surface area contributed by atoms with Gasteiger partial charge in [0, 0.05) is 5.38 Å². The summed E-state index contributed by atoms with van der Waals surface area (Å²) in [6.45, 7) is 4.04. The molecule has 0 saturated carbocycles. The first-order valence-corrected chi connectivity index (χ1v) is 6.50. The van der Waals surface area contributed by atoms with Crippen LogP contribution in [-0.4, -0.2) is 20.9 Å². The molecular formula is C9H11N3OS2. The monoisotopic (exact) mass is 241 g/mol. The van der Waals surface area contributed by atoms with Crippen LogP contribution >= 0.6 is 23.1 Å². The molecule has 6 heteroatoms. The fourth-order valence-electron chi connectivity index (χ4n) is 1.14. The lowest BCUT2D eigenvalue weighted by Crippen LogP contribution is -1.88. The SMILES string of the molecule is CCSc1nnc(Cc2csc(C)n2)o1. The van der Waals surface area contributed by atoms with Crippen LogP contribution in [0.1, 0.15) is 23.5 Å². The minimum Gasteiger partial charge on any atom is -0.416 e. The third kappa shape index (κ3) is 2.79. The highest BCUT2D eigenvalue weighted by atomic mass is 32.2. The van der Waals surface area contributed by atoms with Crippen LogP contribution in [0.2, 0.25) is 0 Å². The first-order chi connectivity index (χ1) is 7.28. The van der Waals surface area contributed by atoms with Gasteiger partial charge in [-0.05, 0) is 12.7 Å². The van der Waals surface area contributed by atoms with E-state index in [0.717, 1.165) is 16.5 Å². The maximum atomic E-state index is 5.44. The van der Waals surface area contributed by atoms with Gasteiger partial charge in [0.15, 0.2) is 0 Å². The molecule has 4 nitrogen and oxygen atoms in total. The Balaban J connectivity index is 2.04. The van der Waals surface area contributed by atoms with Crippen LogP contribution in [0, 0.1) is 6.92 Å². The number of thiazole rings is 1. The van der Waals surface area contributed by atoms with Crippen LogP contribution in [0.4, 0.5) is 0 Å². The van der Waals surface area contributed by atoms with Gasteiger partial charge < -0.3 is 4.42 Å². The molecule has 0 saturated heterocycles. The average Bonchev–Trinajstić information content (AvgIpc) is 2.78. The highest BCUT2D eigenvalue weighted by Gasteiger charge is 2.08. The van der Waals surface area contributed by atoms with Gasteiger partial charge in [-0.1, -0.05) is 18.7 Å². The average molecular weight is 241 g/mol. The summed E-state index contributed by atoms with van der Waals surface area (Å²) in [6.07, 6.45) is 0.627. The van der Waals surface area contributed by atoms with E-state index in [0.29, 0.717) is 17.5 Å². The Bertz CT molecular complexity index is 438. The molecule has 2 rings (SSSR count). The van der Waals surface area contributed by atoms with Crippen LogP contribution in [0.25, 0.3) is 0 Å². The molecule has 0 fully saturated rings. The molecule has 0 atom stereocenters. The third-order valence-corrected chi connectivity index (χ3v) is 3.24. The molecule has 2 heterocycles. The van der Waals surface area contributed by atoms with Crippen molar-refractivity contribution in [2.75, 3.05) is 5.75 Å². The summed E-state index contributed by atoms with van der Waals surface area (Å²) in [5.74, 6) is 1.58. The van der Waals surface area contributed by atoms with Gasteiger partial charge in [0.2, 0.25) is 5.89 Å². The van der Waals surface area contributed by atoms with Gasteiger partial charge in [-0.15, -0.1) is 21.5 Å². The molecule has 80 valence electrons. The Morgan fingerprint density at radius 1 is 1.47 bits per heavy atom. The summed E-state index contributed by atoms with van der Waals surface area (Å²) in [5, 5.41) is 11.6. The number of nitrogens with zero attached hydrogens (tertiary/aromatic N) is 3. The normalized spacial score (nSPS) is 10.8. The van der Waals surface area contributed by atoms with Crippen LogP contribution in [-0.2, 0) is 6.42 Å². The molecule has 15 heavy (non-hydrogen) atoms. The fourth-order valence-corrected chi connectivity index (χ4v) is 2.25. The number of aromatic nitrogens is 3. The first kappa shape index (κ1) is 10.6. The molecule has 0 aliphatic carbocycles. The predicted octanol–water partition coefficient (Wildman–Crippen LogP) is 2.54. The Hall–Kier alpha value is -0.880. The smallest absolute Gasteiger partial charge is 0.276 e. The lowest BCUT2D eigenvalue weighted by atomic mass is 10.3. The van der Waals surface area contributed by atoms with Crippen molar-refractivity contribution in [2.24, 2.45) is 0 Å². The van der Waals surface area contributed by atoms with Gasteiger partial charge >= 0.3 is 0 Å². The van der Waals surface area contributed by atoms with E-state index in [9.17, 15) is 0 Å². The van der Waals surface area contributed by atoms with Crippen LogP contribution < -0.4 is 0 Å². The minimum absolute atomic E-state index is 0.627. The zero-order valence-corrected chi connectivity index (χ0v) is 10.2. The summed E-state index contributed by atoms with van der Waals surface area (Å²) >= 11 is 3.19. The maximum absolute atomic E-state index is 5.44. The molecule has 0 aliphatic heterocycles. The molecule has 0 radical (unpaired) electrons. The second kappa shape index (κ2) is 4.76. The Morgan fingerprint density at radius 2 is 2.33 bits per heavy atom. The van der Waals surface area contributed by atoms with Crippen LogP contribution in [0.15, 0.2) is 15.0 Å². The molecule has 2 aromatic rings. The van der Waals surface area contributed by atoms with E-state index in [1.807, 2.05) is 12.3 Å². The van der Waals surface area contributed by atoms with Crippen molar-refractivity contribution in [3.8, 4) is 0 Å². The summed E-state index contributed by atoms with van der Waals surface area (Å²) < 4.78 is 5.44. The molecule has 0 aromatic carbocycles. The molecule has 0 amide bonds. The van der Waals surface area contributed by atoms with Gasteiger partial charge in [0.05, 0.1) is 17.1 Å². The van der Waals surface area contributed by atoms with E-state index in [4.69, 9.17) is 4.42 Å². The summed E-state index contributed by atoms with van der Waals surface area (Å²) in [7, 11) is 0. The summed E-state index contributed by atoms with van der Waals surface area (Å²) in [5.41, 5.74) is 0.995. The Morgan fingerprint density at radius 3 is 3.00 bits per heavy atom. The Kier molecular flexibility index (Phi) is 3.37. The number of hydrogen-bond acceptors (Lipinski definition) is 6. The van der Waals surface area contributed by atoms with E-state index in [1.54, 1.807) is 23.1 Å². The van der Waals surface area contributed by atoms with Crippen molar-refractivity contribution in [2.45, 2.75) is 25.5 Å². The van der Waals surface area contributed by atoms with E-state index in [-0.39, 0.29) is 0 Å². The quantitative estimate of drug-likeness (QED) is 0.770. The van der Waals surface area contributed by atoms with E-state index >= 15 is 0 Å². The topological polar surface area (TPSA) is 51.8 Å². The van der Waals surface area contributed by atoms with Gasteiger partial charge in [-0.2, -0.15) is 0 Å². The van der Waals surface area contributed by atoms with Gasteiger partial charge in [-0.25, -0.2) is 4.98 Å². The van der Waals surface area contributed by atoms with E-state index < -0.39 is 0 Å². The van der Waals surface area contributed by atoms with E-state index in [1.165, 1.54) is 0 Å². The zero-order valence-electron chi connectivity index (χ0n) is 8.56. The lowest BCUT2D eigenvalue weighted by molar-refractivity contribution is 0.419. The summed E-state index contributed by atoms with van der Waals surface area (Å²) in [6, 6.07) is 0. The number of aryl methyl sites for hydroxylation is 1. The van der Waals surface area contributed by atoms with Crippen molar-refractivity contribution < 1.29 is 4.42 Å². The van der Waals surface area contributed by atoms with Crippen molar-refractivity contribution in [1.82, 2.24) is 15.2 Å². The molecule has 0 aliphatic rings. The maximum Gasteiger partial charge on any atom is 0.276 e. The first-order valence-electron chi connectivity index (χ1n) is 4.64. The van der Waals surface area contributed by atoms with Gasteiger partial charge in [0.1, 0.15) is 0 Å². The van der Waals surface area contributed by atoms with Crippen LogP contribution in [0.3, 0.4) is 0 Å². The second-order valence-electron chi connectivity index (χ2n) is 2.93. The Labute approximate surface area is 96.1 Å². The summed E-state index contributed by atoms with van der Waals surface area (Å²) in [4.78, 5) is 4.35. The zero-order chi connectivity index (χ0) is 10.7. The fraction of sp³-hybridized carbons (Fsp3) is 0.444. The third-order valence-electron chi connectivity index (χ3n) is 1.72. The highest BCUT2D eigenvalue weighted by Crippen LogP contribution is 2.17. The molecular weight excluding hydrogens is 230 g/mol. The standard InChI is InChI=1S/C9H11N3OS2/c1-3-14-9-12-11-8(13-9)4-7-5-15-6(2)10-7/h5H,3-4H2,1-2H3. The number of thioether (sulfide) groups is 1.